The van der Waals surface area contributed by atoms with E-state index in [-0.39, 0.29) is 0 Å². The number of sulfonamides is 1. The van der Waals surface area contributed by atoms with Crippen molar-refractivity contribution < 1.29 is 8.42 Å². The van der Waals surface area contributed by atoms with Crippen molar-refractivity contribution in [3.63, 3.8) is 0 Å². The van der Waals surface area contributed by atoms with Crippen LogP contribution in [-0.4, -0.2) is 25.8 Å². The summed E-state index contributed by atoms with van der Waals surface area (Å²) in [5, 5.41) is 1.47. The van der Waals surface area contributed by atoms with Crippen molar-refractivity contribution in [2.24, 2.45) is 0 Å². The lowest BCUT2D eigenvalue weighted by atomic mass is 10.1. The Morgan fingerprint density at radius 1 is 1.05 bits per heavy atom. The number of nitrogens with zero attached hydrogens (tertiary/aromatic N) is 1. The van der Waals surface area contributed by atoms with Crippen molar-refractivity contribution in [3.8, 4) is 0 Å². The van der Waals surface area contributed by atoms with Gasteiger partial charge in [-0.05, 0) is 18.6 Å². The first-order valence-corrected chi connectivity index (χ1v) is 8.73. The number of hydrogen-bond acceptors (Lipinski definition) is 3. The minimum absolute atomic E-state index is 0.338. The van der Waals surface area contributed by atoms with E-state index in [2.05, 4.69) is 6.92 Å². The Hall–Kier alpha value is -1.59. The lowest BCUT2D eigenvalue weighted by molar-refractivity contribution is 0.419. The third kappa shape index (κ3) is 3.04. The van der Waals surface area contributed by atoms with Gasteiger partial charge in [-0.3, -0.25) is 0 Å². The van der Waals surface area contributed by atoms with Crippen molar-refractivity contribution >= 4 is 26.5 Å². The van der Waals surface area contributed by atoms with E-state index >= 15 is 0 Å². The van der Waals surface area contributed by atoms with Crippen LogP contribution in [0.2, 0.25) is 0 Å². The van der Waals surface area contributed by atoms with Crippen LogP contribution < -0.4 is 5.73 Å². The Kier molecular flexibility index (Phi) is 4.85. The molecule has 0 bridgehead atoms. The summed E-state index contributed by atoms with van der Waals surface area (Å²) in [6.45, 7) is 4.95. The van der Waals surface area contributed by atoms with E-state index in [4.69, 9.17) is 5.73 Å². The van der Waals surface area contributed by atoms with Gasteiger partial charge in [0.1, 0.15) is 0 Å². The molecular formula is C16H22N2O2S. The first kappa shape index (κ1) is 15.8. The van der Waals surface area contributed by atoms with Crippen LogP contribution >= 0.6 is 0 Å². The number of benzene rings is 2. The zero-order valence-electron chi connectivity index (χ0n) is 12.5. The Balaban J connectivity index is 2.57. The molecule has 5 heteroatoms. The van der Waals surface area contributed by atoms with Crippen LogP contribution in [0.25, 0.3) is 10.8 Å². The lowest BCUT2D eigenvalue weighted by Gasteiger charge is -2.21. The fourth-order valence-electron chi connectivity index (χ4n) is 2.44. The zero-order valence-corrected chi connectivity index (χ0v) is 13.4. The van der Waals surface area contributed by atoms with Crippen LogP contribution in [-0.2, 0) is 10.0 Å². The van der Waals surface area contributed by atoms with Gasteiger partial charge < -0.3 is 5.73 Å². The highest BCUT2D eigenvalue weighted by Crippen LogP contribution is 2.29. The maximum atomic E-state index is 12.9. The molecule has 0 unspecified atom stereocenters. The summed E-state index contributed by atoms with van der Waals surface area (Å²) < 4.78 is 27.3. The second-order valence-electron chi connectivity index (χ2n) is 5.05. The van der Waals surface area contributed by atoms with E-state index < -0.39 is 10.0 Å². The fourth-order valence-corrected chi connectivity index (χ4v) is 4.12. The summed E-state index contributed by atoms with van der Waals surface area (Å²) >= 11 is 0. The number of anilines is 1. The summed E-state index contributed by atoms with van der Waals surface area (Å²) in [4.78, 5) is 0.338. The van der Waals surface area contributed by atoms with Crippen molar-refractivity contribution in [2.75, 3.05) is 18.8 Å². The van der Waals surface area contributed by atoms with Gasteiger partial charge in [-0.25, -0.2) is 8.42 Å². The standard InChI is InChI=1S/C16H22N2O2S/c1-3-5-12-18(4-2)21(19,20)16-11-10-15(17)13-8-6-7-9-14(13)16/h6-11H,3-5,12,17H2,1-2H3. The van der Waals surface area contributed by atoms with Gasteiger partial charge in [-0.15, -0.1) is 0 Å². The number of nitrogens with two attached hydrogens (primary N) is 1. The number of fused-ring (bicyclic) bond motifs is 1. The first-order chi connectivity index (χ1) is 10.0. The predicted molar refractivity (Wildman–Crippen MR) is 87.7 cm³/mol. The second-order valence-corrected chi connectivity index (χ2v) is 6.96. The van der Waals surface area contributed by atoms with E-state index in [1.54, 1.807) is 12.1 Å². The van der Waals surface area contributed by atoms with Crippen LogP contribution in [0.5, 0.6) is 0 Å². The monoisotopic (exact) mass is 306 g/mol. The van der Waals surface area contributed by atoms with Crippen molar-refractivity contribution in [1.82, 2.24) is 4.31 Å². The zero-order chi connectivity index (χ0) is 15.5. The number of unbranched alkanes of at least 4 members (excludes halogenated alkanes) is 1. The Morgan fingerprint density at radius 2 is 1.71 bits per heavy atom. The molecule has 0 saturated carbocycles. The van der Waals surface area contributed by atoms with Crippen LogP contribution in [0.15, 0.2) is 41.3 Å². The number of rotatable bonds is 6. The minimum atomic E-state index is -3.49. The lowest BCUT2D eigenvalue weighted by Crippen LogP contribution is -2.32. The van der Waals surface area contributed by atoms with Crippen LogP contribution in [0, 0.1) is 0 Å². The molecule has 114 valence electrons. The largest absolute Gasteiger partial charge is 0.398 e. The highest BCUT2D eigenvalue weighted by Gasteiger charge is 2.24. The van der Waals surface area contributed by atoms with Gasteiger partial charge in [0.2, 0.25) is 10.0 Å². The van der Waals surface area contributed by atoms with Crippen molar-refractivity contribution in [1.29, 1.82) is 0 Å². The third-order valence-corrected chi connectivity index (χ3v) is 5.68. The SMILES string of the molecule is CCCCN(CC)S(=O)(=O)c1ccc(N)c2ccccc12. The van der Waals surface area contributed by atoms with E-state index in [0.717, 1.165) is 18.2 Å². The first-order valence-electron chi connectivity index (χ1n) is 7.29. The summed E-state index contributed by atoms with van der Waals surface area (Å²) in [6.07, 6.45) is 1.83. The molecule has 0 fully saturated rings. The fraction of sp³-hybridized carbons (Fsp3) is 0.375. The molecule has 0 atom stereocenters. The molecule has 2 rings (SSSR count). The van der Waals surface area contributed by atoms with Gasteiger partial charge in [-0.2, -0.15) is 4.31 Å². The van der Waals surface area contributed by atoms with E-state index in [1.165, 1.54) is 4.31 Å². The maximum absolute atomic E-state index is 12.9. The highest BCUT2D eigenvalue weighted by molar-refractivity contribution is 7.89. The van der Waals surface area contributed by atoms with Crippen molar-refractivity contribution in [2.45, 2.75) is 31.6 Å². The summed E-state index contributed by atoms with van der Waals surface area (Å²) in [5.74, 6) is 0. The average molecular weight is 306 g/mol. The molecule has 0 radical (unpaired) electrons. The van der Waals surface area contributed by atoms with Gasteiger partial charge in [0.25, 0.3) is 0 Å². The van der Waals surface area contributed by atoms with Crippen LogP contribution in [0.1, 0.15) is 26.7 Å². The smallest absolute Gasteiger partial charge is 0.243 e. The van der Waals surface area contributed by atoms with Gasteiger partial charge in [0, 0.05) is 29.5 Å². The summed E-state index contributed by atoms with van der Waals surface area (Å²) in [7, 11) is -3.49. The van der Waals surface area contributed by atoms with E-state index in [0.29, 0.717) is 29.1 Å². The second kappa shape index (κ2) is 6.45. The predicted octanol–water partition coefficient (Wildman–Crippen LogP) is 3.23. The average Bonchev–Trinajstić information content (AvgIpc) is 2.48. The van der Waals surface area contributed by atoms with Crippen LogP contribution in [0.4, 0.5) is 5.69 Å². The molecule has 0 spiro atoms. The molecule has 0 aliphatic heterocycles. The minimum Gasteiger partial charge on any atom is -0.398 e. The molecule has 0 amide bonds. The topological polar surface area (TPSA) is 63.4 Å². The molecule has 0 aliphatic carbocycles. The number of nitrogen functional groups attached to an aromatic ring is 1. The van der Waals surface area contributed by atoms with Gasteiger partial charge in [0.05, 0.1) is 4.90 Å². The van der Waals surface area contributed by atoms with Crippen molar-refractivity contribution in [3.05, 3.63) is 36.4 Å². The molecule has 0 aromatic heterocycles. The molecule has 2 aromatic rings. The normalized spacial score (nSPS) is 12.1. The van der Waals surface area contributed by atoms with Gasteiger partial charge in [-0.1, -0.05) is 44.5 Å². The van der Waals surface area contributed by atoms with E-state index in [9.17, 15) is 8.42 Å². The van der Waals surface area contributed by atoms with Gasteiger partial charge >= 0.3 is 0 Å². The molecule has 21 heavy (non-hydrogen) atoms. The number of hydrogen-bond donors (Lipinski definition) is 1. The molecule has 0 aliphatic rings. The summed E-state index contributed by atoms with van der Waals surface area (Å²) in [6, 6.07) is 10.6. The van der Waals surface area contributed by atoms with Crippen LogP contribution in [0.3, 0.4) is 0 Å². The Labute approximate surface area is 126 Å². The molecular weight excluding hydrogens is 284 g/mol. The molecule has 0 saturated heterocycles. The quantitative estimate of drug-likeness (QED) is 0.833. The highest BCUT2D eigenvalue weighted by atomic mass is 32.2. The molecule has 0 heterocycles. The molecule has 4 nitrogen and oxygen atoms in total. The molecule has 2 aromatic carbocycles. The Bertz CT molecular complexity index is 726. The summed E-state index contributed by atoms with van der Waals surface area (Å²) in [5.41, 5.74) is 6.55. The van der Waals surface area contributed by atoms with E-state index in [1.807, 2.05) is 31.2 Å². The van der Waals surface area contributed by atoms with Gasteiger partial charge in [0.15, 0.2) is 0 Å². The Morgan fingerprint density at radius 3 is 2.33 bits per heavy atom. The molecule has 2 N–H and O–H groups in total. The maximum Gasteiger partial charge on any atom is 0.243 e. The third-order valence-electron chi connectivity index (χ3n) is 3.65.